The Labute approximate surface area is 102 Å². The number of carbonyl (C=O) groups is 1. The van der Waals surface area contributed by atoms with Crippen LogP contribution in [0.5, 0.6) is 0 Å². The highest BCUT2D eigenvalue weighted by molar-refractivity contribution is 5.81. The zero-order chi connectivity index (χ0) is 12.7. The molecular weight excluding hydrogens is 214 g/mol. The number of nitrogen functional groups attached to an aromatic ring is 1. The highest BCUT2D eigenvalue weighted by Crippen LogP contribution is 2.25. The lowest BCUT2D eigenvalue weighted by Crippen LogP contribution is -2.09. The highest BCUT2D eigenvalue weighted by Gasteiger charge is 2.14. The third-order valence-electron chi connectivity index (χ3n) is 2.53. The topological polar surface area (TPSA) is 52.3 Å². The second kappa shape index (κ2) is 6.74. The van der Waals surface area contributed by atoms with Crippen LogP contribution >= 0.6 is 0 Å². The number of carbonyl (C=O) groups excluding carboxylic acids is 1. The van der Waals surface area contributed by atoms with Gasteiger partial charge in [-0.2, -0.15) is 0 Å². The molecule has 0 radical (unpaired) electrons. The molecule has 2 N–H and O–H groups in total. The second-order valence-electron chi connectivity index (χ2n) is 3.94. The molecule has 1 atom stereocenters. The fourth-order valence-corrected chi connectivity index (χ4v) is 1.63. The van der Waals surface area contributed by atoms with Crippen molar-refractivity contribution in [2.75, 3.05) is 5.73 Å². The Morgan fingerprint density at radius 1 is 1.59 bits per heavy atom. The summed E-state index contributed by atoms with van der Waals surface area (Å²) in [5.41, 5.74) is 7.35. The molecule has 0 aromatic heterocycles. The summed E-state index contributed by atoms with van der Waals surface area (Å²) in [5.74, 6) is -0.395. The van der Waals surface area contributed by atoms with E-state index < -0.39 is 5.97 Å². The van der Waals surface area contributed by atoms with Gasteiger partial charge < -0.3 is 10.5 Å². The molecule has 0 aliphatic heterocycles. The summed E-state index contributed by atoms with van der Waals surface area (Å²) >= 11 is 0. The lowest BCUT2D eigenvalue weighted by Gasteiger charge is -2.17. The van der Waals surface area contributed by atoms with Crippen molar-refractivity contribution in [2.24, 2.45) is 0 Å². The van der Waals surface area contributed by atoms with Gasteiger partial charge in [0.05, 0.1) is 0 Å². The monoisotopic (exact) mass is 233 g/mol. The molecule has 17 heavy (non-hydrogen) atoms. The molecule has 0 fully saturated rings. The van der Waals surface area contributed by atoms with Gasteiger partial charge in [0.15, 0.2) is 0 Å². The van der Waals surface area contributed by atoms with Crippen LogP contribution in [0.15, 0.2) is 36.9 Å². The maximum atomic E-state index is 11.3. The van der Waals surface area contributed by atoms with Crippen molar-refractivity contribution in [3.05, 3.63) is 42.5 Å². The lowest BCUT2D eigenvalue weighted by molar-refractivity contribution is -0.143. The molecule has 1 aromatic carbocycles. The first-order chi connectivity index (χ1) is 8.17. The van der Waals surface area contributed by atoms with Crippen LogP contribution in [0, 0.1) is 0 Å². The van der Waals surface area contributed by atoms with Crippen LogP contribution in [0.1, 0.15) is 37.9 Å². The SMILES string of the molecule is C=CC(=O)OC(CCCC)c1cccc(N)c1. The molecule has 0 heterocycles. The van der Waals surface area contributed by atoms with Crippen molar-refractivity contribution >= 4 is 11.7 Å². The van der Waals surface area contributed by atoms with Crippen LogP contribution in [0.4, 0.5) is 5.69 Å². The first kappa shape index (κ1) is 13.3. The number of rotatable bonds is 6. The first-order valence-electron chi connectivity index (χ1n) is 5.85. The zero-order valence-electron chi connectivity index (χ0n) is 10.2. The maximum absolute atomic E-state index is 11.3. The van der Waals surface area contributed by atoms with E-state index in [4.69, 9.17) is 10.5 Å². The van der Waals surface area contributed by atoms with E-state index in [2.05, 4.69) is 13.5 Å². The molecular formula is C14H19NO2. The van der Waals surface area contributed by atoms with E-state index in [9.17, 15) is 4.79 Å². The molecule has 0 bridgehead atoms. The minimum atomic E-state index is -0.395. The van der Waals surface area contributed by atoms with Gasteiger partial charge in [0.25, 0.3) is 0 Å². The number of esters is 1. The summed E-state index contributed by atoms with van der Waals surface area (Å²) in [6, 6.07) is 7.45. The van der Waals surface area contributed by atoms with Gasteiger partial charge in [-0.15, -0.1) is 0 Å². The molecule has 1 rings (SSSR count). The normalized spacial score (nSPS) is 11.8. The van der Waals surface area contributed by atoms with E-state index in [1.807, 2.05) is 24.3 Å². The number of benzene rings is 1. The Bertz CT molecular complexity index is 388. The van der Waals surface area contributed by atoms with Gasteiger partial charge in [-0.25, -0.2) is 4.79 Å². The Kier molecular flexibility index (Phi) is 5.27. The number of unbranched alkanes of at least 4 members (excludes halogenated alkanes) is 1. The summed E-state index contributed by atoms with van der Waals surface area (Å²) in [5, 5.41) is 0. The zero-order valence-corrected chi connectivity index (χ0v) is 10.2. The molecule has 0 aliphatic rings. The maximum Gasteiger partial charge on any atom is 0.330 e. The molecule has 0 saturated heterocycles. The predicted octanol–water partition coefficient (Wildman–Crippen LogP) is 3.23. The number of nitrogens with two attached hydrogens (primary N) is 1. The van der Waals surface area contributed by atoms with E-state index in [0.29, 0.717) is 5.69 Å². The fraction of sp³-hybridized carbons (Fsp3) is 0.357. The molecule has 0 saturated carbocycles. The Hall–Kier alpha value is -1.77. The van der Waals surface area contributed by atoms with Gasteiger partial charge in [0, 0.05) is 11.8 Å². The third-order valence-corrected chi connectivity index (χ3v) is 2.53. The first-order valence-corrected chi connectivity index (χ1v) is 5.85. The number of ether oxygens (including phenoxy) is 1. The summed E-state index contributed by atoms with van der Waals surface area (Å²) in [4.78, 5) is 11.3. The second-order valence-corrected chi connectivity index (χ2v) is 3.94. The molecule has 3 heteroatoms. The Morgan fingerprint density at radius 3 is 2.94 bits per heavy atom. The van der Waals surface area contributed by atoms with Crippen LogP contribution in [-0.4, -0.2) is 5.97 Å². The summed E-state index contributed by atoms with van der Waals surface area (Å²) < 4.78 is 5.33. The Balaban J connectivity index is 2.81. The smallest absolute Gasteiger partial charge is 0.330 e. The van der Waals surface area contributed by atoms with Crippen LogP contribution in [-0.2, 0) is 9.53 Å². The minimum absolute atomic E-state index is 0.232. The van der Waals surface area contributed by atoms with Crippen LogP contribution in [0.2, 0.25) is 0 Å². The average molecular weight is 233 g/mol. The van der Waals surface area contributed by atoms with E-state index in [-0.39, 0.29) is 6.10 Å². The van der Waals surface area contributed by atoms with Crippen LogP contribution < -0.4 is 5.73 Å². The van der Waals surface area contributed by atoms with Gasteiger partial charge in [-0.1, -0.05) is 32.1 Å². The predicted molar refractivity (Wildman–Crippen MR) is 69.4 cm³/mol. The van der Waals surface area contributed by atoms with E-state index >= 15 is 0 Å². The molecule has 3 nitrogen and oxygen atoms in total. The van der Waals surface area contributed by atoms with Gasteiger partial charge in [0.2, 0.25) is 0 Å². The summed E-state index contributed by atoms with van der Waals surface area (Å²) in [7, 11) is 0. The number of anilines is 1. The minimum Gasteiger partial charge on any atom is -0.454 e. The lowest BCUT2D eigenvalue weighted by atomic mass is 10.0. The largest absolute Gasteiger partial charge is 0.454 e. The Morgan fingerprint density at radius 2 is 2.35 bits per heavy atom. The van der Waals surface area contributed by atoms with Crippen LogP contribution in [0.3, 0.4) is 0 Å². The van der Waals surface area contributed by atoms with Gasteiger partial charge in [-0.05, 0) is 30.5 Å². The third kappa shape index (κ3) is 4.31. The highest BCUT2D eigenvalue weighted by atomic mass is 16.5. The van der Waals surface area contributed by atoms with Crippen molar-refractivity contribution < 1.29 is 9.53 Å². The molecule has 0 aliphatic carbocycles. The van der Waals surface area contributed by atoms with E-state index in [1.165, 1.54) is 6.08 Å². The molecule has 92 valence electrons. The van der Waals surface area contributed by atoms with Crippen molar-refractivity contribution in [3.63, 3.8) is 0 Å². The standard InChI is InChI=1S/C14H19NO2/c1-3-5-9-13(17-14(16)4-2)11-7-6-8-12(15)10-11/h4,6-8,10,13H,2-3,5,9,15H2,1H3. The summed E-state index contributed by atoms with van der Waals surface area (Å²) in [6.07, 6.45) is 3.82. The van der Waals surface area contributed by atoms with Crippen LogP contribution in [0.25, 0.3) is 0 Å². The van der Waals surface area contributed by atoms with Gasteiger partial charge in [-0.3, -0.25) is 0 Å². The van der Waals surface area contributed by atoms with Crippen molar-refractivity contribution in [1.82, 2.24) is 0 Å². The van der Waals surface area contributed by atoms with Crippen molar-refractivity contribution in [3.8, 4) is 0 Å². The summed E-state index contributed by atoms with van der Waals surface area (Å²) in [6.45, 7) is 5.51. The van der Waals surface area contributed by atoms with E-state index in [0.717, 1.165) is 24.8 Å². The fourth-order valence-electron chi connectivity index (χ4n) is 1.63. The van der Waals surface area contributed by atoms with E-state index in [1.54, 1.807) is 0 Å². The molecule has 0 amide bonds. The molecule has 0 spiro atoms. The molecule has 1 aromatic rings. The number of hydrogen-bond donors (Lipinski definition) is 1. The quantitative estimate of drug-likeness (QED) is 0.466. The van der Waals surface area contributed by atoms with Gasteiger partial charge in [0.1, 0.15) is 6.10 Å². The van der Waals surface area contributed by atoms with Crippen molar-refractivity contribution in [1.29, 1.82) is 0 Å². The molecule has 1 unspecified atom stereocenters. The van der Waals surface area contributed by atoms with Crippen molar-refractivity contribution in [2.45, 2.75) is 32.3 Å². The number of hydrogen-bond acceptors (Lipinski definition) is 3. The van der Waals surface area contributed by atoms with Gasteiger partial charge >= 0.3 is 5.97 Å². The average Bonchev–Trinajstić information content (AvgIpc) is 2.34.